The molecule has 1 aromatic carbocycles. The van der Waals surface area contributed by atoms with Gasteiger partial charge in [-0.15, -0.1) is 0 Å². The highest BCUT2D eigenvalue weighted by molar-refractivity contribution is 7.92. The van der Waals surface area contributed by atoms with Crippen LogP contribution in [0.2, 0.25) is 0 Å². The largest absolute Gasteiger partial charge is 0.336 e. The topological polar surface area (TPSA) is 78.5 Å². The number of rotatable bonds is 4. The van der Waals surface area contributed by atoms with Gasteiger partial charge in [-0.25, -0.2) is 13.2 Å². The van der Waals surface area contributed by atoms with Gasteiger partial charge < -0.3 is 10.6 Å². The molecule has 19 heavy (non-hydrogen) atoms. The van der Waals surface area contributed by atoms with Crippen LogP contribution in [-0.4, -0.2) is 33.8 Å². The molecule has 0 fully saturated rings. The van der Waals surface area contributed by atoms with Crippen LogP contribution in [0.4, 0.5) is 16.2 Å². The van der Waals surface area contributed by atoms with Crippen molar-refractivity contribution in [2.45, 2.75) is 19.9 Å². The standard InChI is InChI=1S/C12H19N3O3S/c1-9(2)13-12(16)14-10-5-7-11(8-6-10)15(3)19(4,17)18/h5-9H,1-4H3,(H2,13,14,16). The van der Waals surface area contributed by atoms with Gasteiger partial charge in [-0.3, -0.25) is 4.31 Å². The molecule has 0 heterocycles. The van der Waals surface area contributed by atoms with E-state index in [0.717, 1.165) is 6.26 Å². The van der Waals surface area contributed by atoms with Crippen LogP contribution in [0, 0.1) is 0 Å². The first-order chi connectivity index (χ1) is 8.70. The third-order valence-electron chi connectivity index (χ3n) is 2.41. The summed E-state index contributed by atoms with van der Waals surface area (Å²) in [6.07, 6.45) is 1.13. The molecule has 0 aromatic heterocycles. The van der Waals surface area contributed by atoms with E-state index in [9.17, 15) is 13.2 Å². The Morgan fingerprint density at radius 2 is 1.74 bits per heavy atom. The SMILES string of the molecule is CC(C)NC(=O)Nc1ccc(N(C)S(C)(=O)=O)cc1. The molecule has 0 aliphatic carbocycles. The minimum atomic E-state index is -3.27. The summed E-state index contributed by atoms with van der Waals surface area (Å²) in [5.41, 5.74) is 1.14. The van der Waals surface area contributed by atoms with Gasteiger partial charge >= 0.3 is 6.03 Å². The Bertz CT molecular complexity index is 538. The fraction of sp³-hybridized carbons (Fsp3) is 0.417. The minimum Gasteiger partial charge on any atom is -0.336 e. The lowest BCUT2D eigenvalue weighted by molar-refractivity contribution is 0.250. The number of benzene rings is 1. The third-order valence-corrected chi connectivity index (χ3v) is 3.61. The number of nitrogens with one attached hydrogen (secondary N) is 2. The number of hydrogen-bond donors (Lipinski definition) is 2. The van der Waals surface area contributed by atoms with Crippen LogP contribution in [0.3, 0.4) is 0 Å². The zero-order valence-electron chi connectivity index (χ0n) is 11.5. The molecule has 6 nitrogen and oxygen atoms in total. The molecular weight excluding hydrogens is 266 g/mol. The van der Waals surface area contributed by atoms with Crippen LogP contribution < -0.4 is 14.9 Å². The van der Waals surface area contributed by atoms with E-state index in [-0.39, 0.29) is 12.1 Å². The average Bonchev–Trinajstić information content (AvgIpc) is 2.26. The van der Waals surface area contributed by atoms with Crippen LogP contribution in [0.5, 0.6) is 0 Å². The van der Waals surface area contributed by atoms with Gasteiger partial charge in [0.25, 0.3) is 0 Å². The van der Waals surface area contributed by atoms with Gasteiger partial charge in [-0.05, 0) is 38.1 Å². The van der Waals surface area contributed by atoms with Crippen LogP contribution in [-0.2, 0) is 10.0 Å². The lowest BCUT2D eigenvalue weighted by Gasteiger charge is -2.17. The van der Waals surface area contributed by atoms with Crippen LogP contribution >= 0.6 is 0 Å². The van der Waals surface area contributed by atoms with Crippen molar-refractivity contribution in [2.75, 3.05) is 22.9 Å². The molecule has 7 heteroatoms. The van der Waals surface area contributed by atoms with Crippen LogP contribution in [0.1, 0.15) is 13.8 Å². The van der Waals surface area contributed by atoms with Crippen molar-refractivity contribution < 1.29 is 13.2 Å². The summed E-state index contributed by atoms with van der Waals surface area (Å²) in [5.74, 6) is 0. The fourth-order valence-electron chi connectivity index (χ4n) is 1.38. The smallest absolute Gasteiger partial charge is 0.319 e. The summed E-state index contributed by atoms with van der Waals surface area (Å²) in [5, 5.41) is 5.36. The number of amides is 2. The molecule has 0 saturated heterocycles. The van der Waals surface area contributed by atoms with E-state index in [1.165, 1.54) is 11.4 Å². The summed E-state index contributed by atoms with van der Waals surface area (Å²) in [4.78, 5) is 11.5. The van der Waals surface area contributed by atoms with Crippen LogP contribution in [0.25, 0.3) is 0 Å². The monoisotopic (exact) mass is 285 g/mol. The van der Waals surface area contributed by atoms with E-state index in [2.05, 4.69) is 10.6 Å². The van der Waals surface area contributed by atoms with Crippen molar-refractivity contribution >= 4 is 27.4 Å². The lowest BCUT2D eigenvalue weighted by atomic mass is 10.3. The highest BCUT2D eigenvalue weighted by atomic mass is 32.2. The molecule has 0 radical (unpaired) electrons. The predicted octanol–water partition coefficient (Wildman–Crippen LogP) is 1.61. The number of carbonyl (C=O) groups excluding carboxylic acids is 1. The van der Waals surface area contributed by atoms with Gasteiger partial charge in [0.05, 0.1) is 11.9 Å². The first-order valence-corrected chi connectivity index (χ1v) is 7.66. The second-order valence-corrected chi connectivity index (χ2v) is 6.54. The van der Waals surface area contributed by atoms with Gasteiger partial charge in [-0.1, -0.05) is 0 Å². The molecule has 1 aromatic rings. The molecule has 0 bridgehead atoms. The molecule has 106 valence electrons. The highest BCUT2D eigenvalue weighted by Crippen LogP contribution is 2.18. The Hall–Kier alpha value is -1.76. The van der Waals surface area contributed by atoms with Gasteiger partial charge in [0.2, 0.25) is 10.0 Å². The van der Waals surface area contributed by atoms with Crippen molar-refractivity contribution in [3.8, 4) is 0 Å². The second-order valence-electron chi connectivity index (χ2n) is 4.53. The maximum atomic E-state index is 11.5. The quantitative estimate of drug-likeness (QED) is 0.882. The van der Waals surface area contributed by atoms with Gasteiger partial charge in [0.15, 0.2) is 0 Å². The molecule has 2 N–H and O–H groups in total. The van der Waals surface area contributed by atoms with Gasteiger partial charge in [-0.2, -0.15) is 0 Å². The van der Waals surface area contributed by atoms with E-state index in [1.807, 2.05) is 13.8 Å². The summed E-state index contributed by atoms with van der Waals surface area (Å²) in [6.45, 7) is 3.73. The Kier molecular flexibility index (Phi) is 4.77. The maximum absolute atomic E-state index is 11.5. The molecule has 2 amide bonds. The summed E-state index contributed by atoms with van der Waals surface area (Å²) in [7, 11) is -1.80. The van der Waals surface area contributed by atoms with Crippen LogP contribution in [0.15, 0.2) is 24.3 Å². The van der Waals surface area contributed by atoms with Gasteiger partial charge in [0, 0.05) is 18.8 Å². The minimum absolute atomic E-state index is 0.0515. The molecule has 1 rings (SSSR count). The zero-order chi connectivity index (χ0) is 14.6. The zero-order valence-corrected chi connectivity index (χ0v) is 12.3. The Labute approximate surface area is 113 Å². The van der Waals surface area contributed by atoms with Crippen molar-refractivity contribution in [3.63, 3.8) is 0 Å². The summed E-state index contributed by atoms with van der Waals surface area (Å²) < 4.78 is 23.9. The molecule has 0 atom stereocenters. The number of urea groups is 1. The number of sulfonamides is 1. The van der Waals surface area contributed by atoms with Crippen molar-refractivity contribution in [3.05, 3.63) is 24.3 Å². The normalized spacial score (nSPS) is 11.2. The first kappa shape index (κ1) is 15.3. The molecule has 0 unspecified atom stereocenters. The first-order valence-electron chi connectivity index (χ1n) is 5.81. The van der Waals surface area contributed by atoms with Gasteiger partial charge in [0.1, 0.15) is 0 Å². The molecule has 0 saturated carbocycles. The fourth-order valence-corrected chi connectivity index (χ4v) is 1.88. The predicted molar refractivity (Wildman–Crippen MR) is 77.0 cm³/mol. The highest BCUT2D eigenvalue weighted by Gasteiger charge is 2.11. The van der Waals surface area contributed by atoms with E-state index in [0.29, 0.717) is 11.4 Å². The Morgan fingerprint density at radius 1 is 1.21 bits per heavy atom. The third kappa shape index (κ3) is 4.78. The van der Waals surface area contributed by atoms with E-state index < -0.39 is 10.0 Å². The lowest BCUT2D eigenvalue weighted by Crippen LogP contribution is -2.34. The van der Waals surface area contributed by atoms with Crippen molar-refractivity contribution in [1.82, 2.24) is 5.32 Å². The Balaban J connectivity index is 2.75. The number of hydrogen-bond acceptors (Lipinski definition) is 3. The Morgan fingerprint density at radius 3 is 2.16 bits per heavy atom. The molecule has 0 aliphatic rings. The molecule has 0 aliphatic heterocycles. The molecule has 0 spiro atoms. The van der Waals surface area contributed by atoms with E-state index in [1.54, 1.807) is 24.3 Å². The maximum Gasteiger partial charge on any atom is 0.319 e. The van der Waals surface area contributed by atoms with Crippen molar-refractivity contribution in [1.29, 1.82) is 0 Å². The molecular formula is C12H19N3O3S. The summed E-state index contributed by atoms with van der Waals surface area (Å²) in [6, 6.07) is 6.32. The second kappa shape index (κ2) is 5.92. The summed E-state index contributed by atoms with van der Waals surface area (Å²) >= 11 is 0. The van der Waals surface area contributed by atoms with E-state index >= 15 is 0 Å². The number of nitrogens with zero attached hydrogens (tertiary/aromatic N) is 1. The number of anilines is 2. The van der Waals surface area contributed by atoms with E-state index in [4.69, 9.17) is 0 Å². The van der Waals surface area contributed by atoms with Crippen molar-refractivity contribution in [2.24, 2.45) is 0 Å². The average molecular weight is 285 g/mol. The number of carbonyl (C=O) groups is 1.